The Hall–Kier alpha value is -0.990. The van der Waals surface area contributed by atoms with E-state index < -0.39 is 29.2 Å². The molecule has 0 spiro atoms. The van der Waals surface area contributed by atoms with E-state index in [1.807, 2.05) is 0 Å². The van der Waals surface area contributed by atoms with Gasteiger partial charge in [0.2, 0.25) is 10.0 Å². The summed E-state index contributed by atoms with van der Waals surface area (Å²) < 4.78 is 60.8. The summed E-state index contributed by atoms with van der Waals surface area (Å²) in [5.41, 5.74) is 5.51. The topological polar surface area (TPSA) is 63.4 Å². The molecule has 0 aliphatic heterocycles. The fraction of sp³-hybridized carbons (Fsp3) is 0.400. The second kappa shape index (κ2) is 5.56. The molecule has 0 aromatic heterocycles. The summed E-state index contributed by atoms with van der Waals surface area (Å²) >= 11 is 5.65. The fourth-order valence-corrected chi connectivity index (χ4v) is 2.59. The largest absolute Gasteiger partial charge is 0.397 e. The van der Waals surface area contributed by atoms with Crippen LogP contribution in [0.5, 0.6) is 0 Å². The Balaban J connectivity index is 2.94. The van der Waals surface area contributed by atoms with Crippen LogP contribution < -0.4 is 5.73 Å². The summed E-state index contributed by atoms with van der Waals surface area (Å²) in [5.74, 6) is 0. The van der Waals surface area contributed by atoms with Gasteiger partial charge >= 0.3 is 6.18 Å². The van der Waals surface area contributed by atoms with E-state index in [-0.39, 0.29) is 15.6 Å². The van der Waals surface area contributed by atoms with Crippen LogP contribution in [0.2, 0.25) is 5.02 Å². The molecule has 1 rings (SSSR count). The van der Waals surface area contributed by atoms with Crippen LogP contribution in [-0.4, -0.2) is 32.5 Å². The highest BCUT2D eigenvalue weighted by Gasteiger charge is 2.30. The van der Waals surface area contributed by atoms with Gasteiger partial charge < -0.3 is 5.73 Å². The van der Waals surface area contributed by atoms with Crippen LogP contribution in [0.25, 0.3) is 0 Å². The minimum Gasteiger partial charge on any atom is -0.397 e. The molecule has 1 aromatic carbocycles. The lowest BCUT2D eigenvalue weighted by Gasteiger charge is -2.18. The Morgan fingerprint density at radius 3 is 2.42 bits per heavy atom. The average molecular weight is 317 g/mol. The summed E-state index contributed by atoms with van der Waals surface area (Å²) in [6.07, 6.45) is -5.63. The minimum atomic E-state index is -4.41. The molecule has 0 saturated heterocycles. The Bertz CT molecular complexity index is 560. The molecular formula is C10H12ClF3N2O2S. The predicted octanol–water partition coefficient (Wildman–Crippen LogP) is 2.50. The molecule has 0 heterocycles. The van der Waals surface area contributed by atoms with Crippen molar-refractivity contribution in [3.8, 4) is 0 Å². The molecule has 2 N–H and O–H groups in total. The van der Waals surface area contributed by atoms with Gasteiger partial charge in [0, 0.05) is 13.6 Å². The van der Waals surface area contributed by atoms with Gasteiger partial charge in [0.15, 0.2) is 0 Å². The van der Waals surface area contributed by atoms with Crippen LogP contribution in [0.15, 0.2) is 23.1 Å². The summed E-state index contributed by atoms with van der Waals surface area (Å²) in [6.45, 7) is -0.658. The molecule has 19 heavy (non-hydrogen) atoms. The van der Waals surface area contributed by atoms with Gasteiger partial charge in [0.05, 0.1) is 22.0 Å². The highest BCUT2D eigenvalue weighted by molar-refractivity contribution is 7.89. The van der Waals surface area contributed by atoms with Crippen molar-refractivity contribution >= 4 is 27.3 Å². The van der Waals surface area contributed by atoms with E-state index in [0.29, 0.717) is 4.31 Å². The molecule has 0 aliphatic rings. The number of benzene rings is 1. The van der Waals surface area contributed by atoms with E-state index in [1.165, 1.54) is 12.1 Å². The van der Waals surface area contributed by atoms with Gasteiger partial charge in [0.25, 0.3) is 0 Å². The van der Waals surface area contributed by atoms with Gasteiger partial charge in [-0.05, 0) is 18.2 Å². The zero-order chi connectivity index (χ0) is 14.8. The minimum absolute atomic E-state index is 0.0481. The second-order valence-electron chi connectivity index (χ2n) is 3.88. The first-order valence-electron chi connectivity index (χ1n) is 5.12. The molecule has 1 aromatic rings. The third kappa shape index (κ3) is 4.26. The van der Waals surface area contributed by atoms with Gasteiger partial charge in [-0.2, -0.15) is 13.2 Å². The molecule has 0 fully saturated rings. The van der Waals surface area contributed by atoms with Crippen molar-refractivity contribution in [1.82, 2.24) is 4.31 Å². The highest BCUT2D eigenvalue weighted by Crippen LogP contribution is 2.25. The maximum atomic E-state index is 12.1. The normalized spacial score (nSPS) is 12.9. The average Bonchev–Trinajstić information content (AvgIpc) is 2.28. The van der Waals surface area contributed by atoms with E-state index in [0.717, 1.165) is 13.1 Å². The number of halogens is 4. The Morgan fingerprint density at radius 2 is 1.95 bits per heavy atom. The second-order valence-corrected chi connectivity index (χ2v) is 6.33. The van der Waals surface area contributed by atoms with Crippen molar-refractivity contribution < 1.29 is 21.6 Å². The van der Waals surface area contributed by atoms with Crippen molar-refractivity contribution in [1.29, 1.82) is 0 Å². The number of nitrogens with two attached hydrogens (primary N) is 1. The molecule has 9 heteroatoms. The number of anilines is 1. The lowest BCUT2D eigenvalue weighted by molar-refractivity contribution is -0.135. The van der Waals surface area contributed by atoms with E-state index in [2.05, 4.69) is 0 Å². The van der Waals surface area contributed by atoms with Gasteiger partial charge in [-0.1, -0.05) is 11.6 Å². The number of rotatable bonds is 4. The Labute approximate surface area is 114 Å². The first kappa shape index (κ1) is 16.1. The third-order valence-electron chi connectivity index (χ3n) is 2.39. The van der Waals surface area contributed by atoms with Crippen molar-refractivity contribution in [2.75, 3.05) is 19.3 Å². The molecule has 0 bridgehead atoms. The van der Waals surface area contributed by atoms with Crippen LogP contribution in [0.4, 0.5) is 18.9 Å². The fourth-order valence-electron chi connectivity index (χ4n) is 1.27. The highest BCUT2D eigenvalue weighted by atomic mass is 35.5. The first-order chi connectivity index (χ1) is 8.54. The number of hydrogen-bond donors (Lipinski definition) is 1. The van der Waals surface area contributed by atoms with Crippen molar-refractivity contribution in [3.05, 3.63) is 23.2 Å². The molecule has 0 amide bonds. The van der Waals surface area contributed by atoms with E-state index in [1.54, 1.807) is 0 Å². The van der Waals surface area contributed by atoms with Gasteiger partial charge in [-0.25, -0.2) is 12.7 Å². The predicted molar refractivity (Wildman–Crippen MR) is 66.4 cm³/mol. The Morgan fingerprint density at radius 1 is 1.37 bits per heavy atom. The lowest BCUT2D eigenvalue weighted by Crippen LogP contribution is -2.30. The maximum Gasteiger partial charge on any atom is 0.390 e. The van der Waals surface area contributed by atoms with Crippen LogP contribution >= 0.6 is 11.6 Å². The van der Waals surface area contributed by atoms with Crippen molar-refractivity contribution in [2.45, 2.75) is 17.5 Å². The zero-order valence-corrected chi connectivity index (χ0v) is 11.5. The lowest BCUT2D eigenvalue weighted by atomic mass is 10.3. The SMILES string of the molecule is CN(CCC(F)(F)F)S(=O)(=O)c1ccc(Cl)c(N)c1. The Kier molecular flexibility index (Phi) is 4.70. The van der Waals surface area contributed by atoms with Gasteiger partial charge in [-0.3, -0.25) is 0 Å². The smallest absolute Gasteiger partial charge is 0.390 e. The molecule has 0 saturated carbocycles. The number of sulfonamides is 1. The van der Waals surface area contributed by atoms with Crippen molar-refractivity contribution in [3.63, 3.8) is 0 Å². The molecule has 0 radical (unpaired) electrons. The van der Waals surface area contributed by atoms with E-state index >= 15 is 0 Å². The third-order valence-corrected chi connectivity index (χ3v) is 4.58. The quantitative estimate of drug-likeness (QED) is 0.868. The van der Waals surface area contributed by atoms with Crippen LogP contribution in [0.1, 0.15) is 6.42 Å². The molecule has 0 aliphatic carbocycles. The number of nitrogen functional groups attached to an aromatic ring is 1. The van der Waals surface area contributed by atoms with E-state index in [4.69, 9.17) is 17.3 Å². The summed E-state index contributed by atoms with van der Waals surface area (Å²) in [7, 11) is -2.93. The van der Waals surface area contributed by atoms with Crippen LogP contribution in [-0.2, 0) is 10.0 Å². The molecular weight excluding hydrogens is 305 g/mol. The van der Waals surface area contributed by atoms with Gasteiger partial charge in [0.1, 0.15) is 0 Å². The standard InChI is InChI=1S/C10H12ClF3N2O2S/c1-16(5-4-10(12,13)14)19(17,18)7-2-3-8(11)9(15)6-7/h2-3,6H,4-5,15H2,1H3. The van der Waals surface area contributed by atoms with Gasteiger partial charge in [-0.15, -0.1) is 0 Å². The summed E-state index contributed by atoms with van der Waals surface area (Å²) in [5, 5.41) is 0.178. The van der Waals surface area contributed by atoms with Crippen LogP contribution in [0, 0.1) is 0 Å². The van der Waals surface area contributed by atoms with Crippen LogP contribution in [0.3, 0.4) is 0 Å². The van der Waals surface area contributed by atoms with E-state index in [9.17, 15) is 21.6 Å². The monoisotopic (exact) mass is 316 g/mol. The van der Waals surface area contributed by atoms with Crippen molar-refractivity contribution in [2.24, 2.45) is 0 Å². The number of hydrogen-bond acceptors (Lipinski definition) is 3. The molecule has 0 unspecified atom stereocenters. The summed E-state index contributed by atoms with van der Waals surface area (Å²) in [6, 6.07) is 3.58. The number of nitrogens with zero attached hydrogens (tertiary/aromatic N) is 1. The molecule has 4 nitrogen and oxygen atoms in total. The first-order valence-corrected chi connectivity index (χ1v) is 6.94. The summed E-state index contributed by atoms with van der Waals surface area (Å²) in [4.78, 5) is -0.195. The zero-order valence-electron chi connectivity index (χ0n) is 9.91. The number of alkyl halides is 3. The molecule has 108 valence electrons. The maximum absolute atomic E-state index is 12.1. The molecule has 0 atom stereocenters.